The summed E-state index contributed by atoms with van der Waals surface area (Å²) in [5.74, 6) is -0.717. The van der Waals surface area contributed by atoms with Gasteiger partial charge in [-0.2, -0.15) is 26.3 Å². The van der Waals surface area contributed by atoms with Gasteiger partial charge in [0.1, 0.15) is 0 Å². The van der Waals surface area contributed by atoms with Crippen molar-refractivity contribution in [1.82, 2.24) is 4.81 Å². The molecule has 2 aromatic rings. The topological polar surface area (TPSA) is 59.0 Å². The van der Waals surface area contributed by atoms with Crippen LogP contribution < -0.4 is 0 Å². The van der Waals surface area contributed by atoms with Gasteiger partial charge in [-0.25, -0.2) is 0 Å². The van der Waals surface area contributed by atoms with E-state index in [4.69, 9.17) is 9.47 Å². The number of nitrogens with zero attached hydrogens (tertiary/aromatic N) is 1. The van der Waals surface area contributed by atoms with Gasteiger partial charge >= 0.3 is 25.4 Å². The maximum atomic E-state index is 13.4. The third-order valence-electron chi connectivity index (χ3n) is 6.70. The molecule has 0 aromatic heterocycles. The Morgan fingerprint density at radius 2 is 1.51 bits per heavy atom. The largest absolute Gasteiger partial charge is 0.437 e. The maximum Gasteiger partial charge on any atom is 0.416 e. The number of hydrogen-bond acceptors (Lipinski definition) is 5. The molecule has 2 atom stereocenters. The zero-order valence-electron chi connectivity index (χ0n) is 20.6. The molecule has 5 nitrogen and oxygen atoms in total. The smallest absolute Gasteiger partial charge is 0.416 e. The quantitative estimate of drug-likeness (QED) is 0.211. The van der Waals surface area contributed by atoms with Crippen molar-refractivity contribution in [1.29, 1.82) is 0 Å². The Bertz CT molecular complexity index is 1040. The third kappa shape index (κ3) is 6.85. The molecule has 1 N–H and O–H groups in total. The fourth-order valence-electron chi connectivity index (χ4n) is 4.63. The van der Waals surface area contributed by atoms with E-state index in [0.717, 1.165) is 12.5 Å². The molecule has 202 valence electrons. The first-order valence-corrected chi connectivity index (χ1v) is 11.7. The van der Waals surface area contributed by atoms with Crippen molar-refractivity contribution in [2.75, 3.05) is 13.1 Å². The van der Waals surface area contributed by atoms with Gasteiger partial charge in [-0.1, -0.05) is 30.3 Å². The summed E-state index contributed by atoms with van der Waals surface area (Å²) in [6.07, 6.45) is -11.9. The van der Waals surface area contributed by atoms with E-state index in [-0.39, 0.29) is 11.6 Å². The van der Waals surface area contributed by atoms with Crippen molar-refractivity contribution in [3.63, 3.8) is 0 Å². The number of carbonyl (C=O) groups excluding carboxylic acids is 1. The fraction of sp³-hybridized carbons (Fsp3) is 0.480. The van der Waals surface area contributed by atoms with Crippen molar-refractivity contribution >= 4 is 13.0 Å². The fourth-order valence-corrected chi connectivity index (χ4v) is 4.63. The maximum absolute atomic E-state index is 13.4. The normalized spacial score (nSPS) is 18.2. The Kier molecular flexibility index (Phi) is 8.66. The molecular weight excluding hydrogens is 503 g/mol. The predicted octanol–water partition coefficient (Wildman–Crippen LogP) is 5.84. The molecule has 1 unspecified atom stereocenters. The van der Waals surface area contributed by atoms with Crippen molar-refractivity contribution in [3.05, 3.63) is 70.8 Å². The van der Waals surface area contributed by atoms with Crippen molar-refractivity contribution in [3.8, 4) is 0 Å². The number of benzene rings is 2. The van der Waals surface area contributed by atoms with Crippen LogP contribution in [-0.2, 0) is 32.0 Å². The van der Waals surface area contributed by atoms with Crippen LogP contribution in [0.25, 0.3) is 0 Å². The minimum absolute atomic E-state index is 0.0526. The molecule has 0 radical (unpaired) electrons. The van der Waals surface area contributed by atoms with Gasteiger partial charge in [-0.15, -0.1) is 0 Å². The summed E-state index contributed by atoms with van der Waals surface area (Å²) in [5, 5.41) is 10.0. The second kappa shape index (κ2) is 11.0. The Balaban J connectivity index is 2.04. The summed E-state index contributed by atoms with van der Waals surface area (Å²) < 4.78 is 92.0. The molecule has 0 saturated carbocycles. The highest BCUT2D eigenvalue weighted by atomic mass is 19.4. The highest BCUT2D eigenvalue weighted by Crippen LogP contribution is 2.44. The second-order valence-electron chi connectivity index (χ2n) is 9.25. The van der Waals surface area contributed by atoms with Gasteiger partial charge < -0.3 is 19.3 Å². The number of ether oxygens (including phenoxy) is 2. The van der Waals surface area contributed by atoms with Crippen molar-refractivity contribution in [2.45, 2.75) is 63.7 Å². The van der Waals surface area contributed by atoms with E-state index in [1.165, 1.54) is 6.92 Å². The molecule has 1 heterocycles. The van der Waals surface area contributed by atoms with Crippen LogP contribution in [-0.4, -0.2) is 42.2 Å². The summed E-state index contributed by atoms with van der Waals surface area (Å²) >= 11 is 0. The zero-order valence-corrected chi connectivity index (χ0v) is 20.6. The van der Waals surface area contributed by atoms with Crippen LogP contribution in [0.5, 0.6) is 0 Å². The lowest BCUT2D eigenvalue weighted by Crippen LogP contribution is -2.54. The summed E-state index contributed by atoms with van der Waals surface area (Å²) in [7, 11) is -0.730. The van der Waals surface area contributed by atoms with Gasteiger partial charge in [-0.05, 0) is 69.0 Å². The molecule has 3 rings (SSSR count). The number of alkyl halides is 6. The van der Waals surface area contributed by atoms with Crippen LogP contribution in [0, 0.1) is 0 Å². The standard InChI is InChI=1S/C25H28BF6NO4/c1-16(18-13-20(24(27,28)29)15-21(14-18)25(30,31)32)36-22(37-17(2)34)23(19-7-5-4-6-8-19)9-11-33(12-10-23)26(3)35/h4-8,13-16,22,35H,9-12H2,1-3H3/t16-,22?/m1/s1. The summed E-state index contributed by atoms with van der Waals surface area (Å²) in [6, 6.07) is 10.2. The Labute approximate surface area is 211 Å². The highest BCUT2D eigenvalue weighted by molar-refractivity contribution is 6.45. The molecule has 37 heavy (non-hydrogen) atoms. The third-order valence-corrected chi connectivity index (χ3v) is 6.70. The second-order valence-corrected chi connectivity index (χ2v) is 9.25. The number of hydrogen-bond donors (Lipinski definition) is 1. The molecule has 1 aliphatic rings. The minimum atomic E-state index is -5.01. The first-order valence-electron chi connectivity index (χ1n) is 11.7. The lowest BCUT2D eigenvalue weighted by molar-refractivity contribution is -0.214. The molecule has 0 spiro atoms. The van der Waals surface area contributed by atoms with Crippen molar-refractivity contribution < 1.29 is 45.6 Å². The Morgan fingerprint density at radius 1 is 1.00 bits per heavy atom. The van der Waals surface area contributed by atoms with E-state index in [1.807, 2.05) is 0 Å². The number of carbonyl (C=O) groups is 1. The van der Waals surface area contributed by atoms with E-state index in [2.05, 4.69) is 0 Å². The number of rotatable bonds is 7. The predicted molar refractivity (Wildman–Crippen MR) is 124 cm³/mol. The minimum Gasteiger partial charge on any atom is -0.437 e. The lowest BCUT2D eigenvalue weighted by Gasteiger charge is -2.46. The van der Waals surface area contributed by atoms with E-state index >= 15 is 0 Å². The van der Waals surface area contributed by atoms with E-state index < -0.39 is 54.3 Å². The Hall–Kier alpha value is -2.57. The van der Waals surface area contributed by atoms with E-state index in [0.29, 0.717) is 38.1 Å². The van der Waals surface area contributed by atoms with Crippen molar-refractivity contribution in [2.24, 2.45) is 0 Å². The molecule has 0 bridgehead atoms. The van der Waals surface area contributed by atoms with Crippen LogP contribution in [0.3, 0.4) is 0 Å². The van der Waals surface area contributed by atoms with Crippen LogP contribution >= 0.6 is 0 Å². The number of halogens is 6. The lowest BCUT2D eigenvalue weighted by atomic mass is 9.69. The molecule has 1 aliphatic heterocycles. The van der Waals surface area contributed by atoms with Gasteiger partial charge in [0.15, 0.2) is 0 Å². The first kappa shape index (κ1) is 29.0. The number of piperidine rings is 1. The molecule has 1 fully saturated rings. The van der Waals surface area contributed by atoms with E-state index in [1.54, 1.807) is 42.0 Å². The summed E-state index contributed by atoms with van der Waals surface area (Å²) in [5.41, 5.74) is -3.50. The molecule has 0 aliphatic carbocycles. The molecule has 12 heteroatoms. The summed E-state index contributed by atoms with van der Waals surface area (Å²) in [6.45, 7) is 4.86. The number of esters is 1. The van der Waals surface area contributed by atoms with Crippen LogP contribution in [0.15, 0.2) is 48.5 Å². The zero-order chi connectivity index (χ0) is 27.6. The SMILES string of the molecule is CB(O)N1CCC(c2ccccc2)(C(OC(C)=O)O[C@H](C)c2cc(C(F)(F)F)cc(C(F)(F)F)c2)CC1. The first-order chi connectivity index (χ1) is 17.1. The summed E-state index contributed by atoms with van der Waals surface area (Å²) in [4.78, 5) is 13.9. The van der Waals surface area contributed by atoms with E-state index in [9.17, 15) is 36.2 Å². The van der Waals surface area contributed by atoms with Crippen LogP contribution in [0.4, 0.5) is 26.3 Å². The van der Waals surface area contributed by atoms with Crippen LogP contribution in [0.1, 0.15) is 55.0 Å². The van der Waals surface area contributed by atoms with Gasteiger partial charge in [0.2, 0.25) is 6.29 Å². The average molecular weight is 531 g/mol. The Morgan fingerprint density at radius 3 is 1.95 bits per heavy atom. The van der Waals surface area contributed by atoms with Gasteiger partial charge in [0, 0.05) is 6.92 Å². The monoisotopic (exact) mass is 531 g/mol. The average Bonchev–Trinajstić information content (AvgIpc) is 2.82. The van der Waals surface area contributed by atoms with Gasteiger partial charge in [0.05, 0.1) is 22.6 Å². The van der Waals surface area contributed by atoms with Gasteiger partial charge in [0.25, 0.3) is 0 Å². The molecular formula is C25H28BF6NO4. The molecule has 2 aromatic carbocycles. The molecule has 0 amide bonds. The van der Waals surface area contributed by atoms with Crippen LogP contribution in [0.2, 0.25) is 6.82 Å². The van der Waals surface area contributed by atoms with Gasteiger partial charge in [-0.3, -0.25) is 4.79 Å². The highest BCUT2D eigenvalue weighted by Gasteiger charge is 2.47. The molecule has 1 saturated heterocycles.